The average Bonchev–Trinajstić information content (AvgIpc) is 2.95. The molecule has 4 heteroatoms. The van der Waals surface area contributed by atoms with Crippen molar-refractivity contribution in [3.8, 4) is 0 Å². The summed E-state index contributed by atoms with van der Waals surface area (Å²) >= 11 is 0. The number of halogens is 3. The van der Waals surface area contributed by atoms with Crippen molar-refractivity contribution in [3.05, 3.63) is 35.1 Å². The highest BCUT2D eigenvalue weighted by Crippen LogP contribution is 2.47. The molecule has 0 atom stereocenters. The Morgan fingerprint density at radius 2 is 1.67 bits per heavy atom. The third kappa shape index (κ3) is 2.00. The molecule has 0 saturated heterocycles. The van der Waals surface area contributed by atoms with E-state index in [1.807, 2.05) is 0 Å². The van der Waals surface area contributed by atoms with Crippen LogP contribution in [0.1, 0.15) is 18.4 Å². The van der Waals surface area contributed by atoms with E-state index in [1.54, 1.807) is 0 Å². The highest BCUT2D eigenvalue weighted by atomic mass is 19.2. The van der Waals surface area contributed by atoms with E-state index in [4.69, 9.17) is 5.11 Å². The fraction of sp³-hybridized carbons (Fsp3) is 0.455. The Morgan fingerprint density at radius 1 is 1.13 bits per heavy atom. The van der Waals surface area contributed by atoms with Gasteiger partial charge in [0.05, 0.1) is 0 Å². The highest BCUT2D eigenvalue weighted by molar-refractivity contribution is 5.22. The van der Waals surface area contributed by atoms with Crippen LogP contribution in [-0.4, -0.2) is 11.7 Å². The van der Waals surface area contributed by atoms with Crippen molar-refractivity contribution >= 4 is 0 Å². The first-order valence-corrected chi connectivity index (χ1v) is 4.81. The SMILES string of the molecule is OCC1(Cc2cc(F)c(F)c(F)c2)CC1. The molecule has 1 aromatic rings. The first kappa shape index (κ1) is 10.5. The van der Waals surface area contributed by atoms with E-state index in [0.717, 1.165) is 25.0 Å². The van der Waals surface area contributed by atoms with Gasteiger partial charge in [0.25, 0.3) is 0 Å². The average molecular weight is 216 g/mol. The molecule has 1 N–H and O–H groups in total. The number of aliphatic hydroxyl groups excluding tert-OH is 1. The molecule has 0 unspecified atom stereocenters. The van der Waals surface area contributed by atoms with Gasteiger partial charge in [0.2, 0.25) is 0 Å². The predicted molar refractivity (Wildman–Crippen MR) is 48.8 cm³/mol. The zero-order valence-electron chi connectivity index (χ0n) is 8.06. The second kappa shape index (κ2) is 3.52. The van der Waals surface area contributed by atoms with Crippen LogP contribution in [0.15, 0.2) is 12.1 Å². The van der Waals surface area contributed by atoms with E-state index in [0.29, 0.717) is 12.0 Å². The molecule has 1 saturated carbocycles. The third-order valence-corrected chi connectivity index (χ3v) is 2.92. The van der Waals surface area contributed by atoms with E-state index < -0.39 is 17.5 Å². The van der Waals surface area contributed by atoms with Crippen LogP contribution in [0, 0.1) is 22.9 Å². The summed E-state index contributed by atoms with van der Waals surface area (Å²) in [6.45, 7) is 0.00755. The lowest BCUT2D eigenvalue weighted by Gasteiger charge is -2.11. The summed E-state index contributed by atoms with van der Waals surface area (Å²) in [7, 11) is 0. The predicted octanol–water partition coefficient (Wildman–Crippen LogP) is 2.42. The Balaban J connectivity index is 2.23. The lowest BCUT2D eigenvalue weighted by atomic mass is 9.97. The largest absolute Gasteiger partial charge is 0.396 e. The third-order valence-electron chi connectivity index (χ3n) is 2.92. The van der Waals surface area contributed by atoms with Crippen molar-refractivity contribution in [1.29, 1.82) is 0 Å². The first-order valence-electron chi connectivity index (χ1n) is 4.81. The van der Waals surface area contributed by atoms with Crippen molar-refractivity contribution in [2.75, 3.05) is 6.61 Å². The van der Waals surface area contributed by atoms with Crippen molar-refractivity contribution < 1.29 is 18.3 Å². The van der Waals surface area contributed by atoms with E-state index in [2.05, 4.69) is 0 Å². The van der Waals surface area contributed by atoms with Crippen LogP contribution in [-0.2, 0) is 6.42 Å². The van der Waals surface area contributed by atoms with Gasteiger partial charge in [-0.25, -0.2) is 13.2 Å². The molecule has 0 aliphatic heterocycles. The summed E-state index contributed by atoms with van der Waals surface area (Å²) in [6.07, 6.45) is 2.10. The summed E-state index contributed by atoms with van der Waals surface area (Å²) < 4.78 is 38.4. The Bertz CT molecular complexity index is 362. The zero-order chi connectivity index (χ0) is 11.1. The van der Waals surface area contributed by atoms with Gasteiger partial charge in [-0.05, 0) is 42.4 Å². The molecule has 0 radical (unpaired) electrons. The van der Waals surface area contributed by atoms with Crippen molar-refractivity contribution in [1.82, 2.24) is 0 Å². The molecule has 0 aromatic heterocycles. The number of benzene rings is 1. The lowest BCUT2D eigenvalue weighted by Crippen LogP contribution is -2.11. The fourth-order valence-electron chi connectivity index (χ4n) is 1.71. The van der Waals surface area contributed by atoms with Gasteiger partial charge in [0.15, 0.2) is 17.5 Å². The quantitative estimate of drug-likeness (QED) is 0.769. The minimum Gasteiger partial charge on any atom is -0.396 e. The summed E-state index contributed by atoms with van der Waals surface area (Å²) in [6, 6.07) is 1.99. The van der Waals surface area contributed by atoms with Gasteiger partial charge in [-0.1, -0.05) is 0 Å². The van der Waals surface area contributed by atoms with Gasteiger partial charge in [0.1, 0.15) is 0 Å². The fourth-order valence-corrected chi connectivity index (χ4v) is 1.71. The van der Waals surface area contributed by atoms with Gasteiger partial charge in [-0.15, -0.1) is 0 Å². The summed E-state index contributed by atoms with van der Waals surface area (Å²) in [4.78, 5) is 0. The second-order valence-corrected chi connectivity index (χ2v) is 4.21. The smallest absolute Gasteiger partial charge is 0.194 e. The molecule has 0 bridgehead atoms. The molecule has 2 rings (SSSR count). The van der Waals surface area contributed by atoms with Gasteiger partial charge in [-0.2, -0.15) is 0 Å². The molecule has 1 aliphatic rings. The topological polar surface area (TPSA) is 20.2 Å². The van der Waals surface area contributed by atoms with Crippen molar-refractivity contribution in [2.45, 2.75) is 19.3 Å². The van der Waals surface area contributed by atoms with E-state index in [1.165, 1.54) is 0 Å². The molecule has 82 valence electrons. The Morgan fingerprint density at radius 3 is 2.07 bits per heavy atom. The van der Waals surface area contributed by atoms with Crippen LogP contribution in [0.25, 0.3) is 0 Å². The van der Waals surface area contributed by atoms with Crippen molar-refractivity contribution in [3.63, 3.8) is 0 Å². The van der Waals surface area contributed by atoms with Crippen LogP contribution in [0.2, 0.25) is 0 Å². The number of hydrogen-bond acceptors (Lipinski definition) is 1. The van der Waals surface area contributed by atoms with E-state index in [9.17, 15) is 13.2 Å². The second-order valence-electron chi connectivity index (χ2n) is 4.21. The molecule has 1 aliphatic carbocycles. The number of hydrogen-bond donors (Lipinski definition) is 1. The monoisotopic (exact) mass is 216 g/mol. The van der Waals surface area contributed by atoms with Crippen LogP contribution >= 0.6 is 0 Å². The maximum absolute atomic E-state index is 12.9. The summed E-state index contributed by atoms with van der Waals surface area (Å²) in [5.74, 6) is -3.77. The normalized spacial score (nSPS) is 17.9. The zero-order valence-corrected chi connectivity index (χ0v) is 8.06. The molecule has 0 amide bonds. The summed E-state index contributed by atoms with van der Waals surface area (Å²) in [5.41, 5.74) is 0.175. The van der Waals surface area contributed by atoms with Gasteiger partial charge < -0.3 is 5.11 Å². The molecule has 15 heavy (non-hydrogen) atoms. The minimum atomic E-state index is -1.44. The van der Waals surface area contributed by atoms with Crippen LogP contribution in [0.4, 0.5) is 13.2 Å². The molecule has 0 heterocycles. The van der Waals surface area contributed by atoms with Crippen LogP contribution < -0.4 is 0 Å². The maximum Gasteiger partial charge on any atom is 0.194 e. The number of aliphatic hydroxyl groups is 1. The molecule has 1 fully saturated rings. The van der Waals surface area contributed by atoms with Crippen molar-refractivity contribution in [2.24, 2.45) is 5.41 Å². The van der Waals surface area contributed by atoms with Crippen LogP contribution in [0.5, 0.6) is 0 Å². The molecular formula is C11H11F3O. The highest BCUT2D eigenvalue weighted by Gasteiger charge is 2.42. The Labute approximate surface area is 85.5 Å². The molecule has 0 spiro atoms. The Kier molecular flexibility index (Phi) is 2.46. The summed E-state index contributed by atoms with van der Waals surface area (Å²) in [5, 5.41) is 9.05. The minimum absolute atomic E-state index is 0.00755. The van der Waals surface area contributed by atoms with Gasteiger partial charge >= 0.3 is 0 Å². The standard InChI is InChI=1S/C11H11F3O/c12-8-3-7(4-9(13)10(8)14)5-11(6-15)1-2-11/h3-4,15H,1-2,5-6H2. The number of rotatable bonds is 3. The van der Waals surface area contributed by atoms with E-state index in [-0.39, 0.29) is 12.0 Å². The van der Waals surface area contributed by atoms with Crippen LogP contribution in [0.3, 0.4) is 0 Å². The first-order chi connectivity index (χ1) is 7.06. The molecular weight excluding hydrogens is 205 g/mol. The van der Waals surface area contributed by atoms with Gasteiger partial charge in [0, 0.05) is 6.61 Å². The van der Waals surface area contributed by atoms with Gasteiger partial charge in [-0.3, -0.25) is 0 Å². The Hall–Kier alpha value is -1.03. The molecule has 1 aromatic carbocycles. The lowest BCUT2D eigenvalue weighted by molar-refractivity contribution is 0.211. The maximum atomic E-state index is 12.9. The van der Waals surface area contributed by atoms with E-state index >= 15 is 0 Å². The molecule has 1 nitrogen and oxygen atoms in total.